The van der Waals surface area contributed by atoms with Crippen LogP contribution in [0, 0.1) is 0 Å². The molecular weight excluding hydrogens is 134 g/mol. The molecule has 0 radical (unpaired) electrons. The largest absolute Gasteiger partial charge is 0.398 e. The zero-order valence-corrected chi connectivity index (χ0v) is 5.96. The van der Waals surface area contributed by atoms with Crippen molar-refractivity contribution in [2.75, 3.05) is 5.73 Å². The summed E-state index contributed by atoms with van der Waals surface area (Å²) in [5.41, 5.74) is 12.6. The molecule has 0 amide bonds. The second-order valence-corrected chi connectivity index (χ2v) is 2.39. The third-order valence-electron chi connectivity index (χ3n) is 1.65. The number of nitrogen functional groups attached to an aromatic ring is 1. The van der Waals surface area contributed by atoms with E-state index in [1.807, 2.05) is 30.4 Å². The second kappa shape index (κ2) is 2.17. The minimum atomic E-state index is 0.763. The van der Waals surface area contributed by atoms with E-state index in [9.17, 15) is 0 Å². The molecule has 0 aromatic heterocycles. The van der Waals surface area contributed by atoms with Crippen LogP contribution in [0.25, 0.3) is 11.5 Å². The Morgan fingerprint density at radius 3 is 2.73 bits per heavy atom. The number of fused-ring (bicyclic) bond motifs is 1. The van der Waals surface area contributed by atoms with Crippen LogP contribution in [-0.4, -0.2) is 0 Å². The van der Waals surface area contributed by atoms with E-state index < -0.39 is 0 Å². The van der Waals surface area contributed by atoms with Gasteiger partial charge in [-0.15, -0.1) is 11.5 Å². The summed E-state index contributed by atoms with van der Waals surface area (Å²) in [4.78, 5) is 0. The Labute approximate surface area is 64.5 Å². The van der Waals surface area contributed by atoms with Crippen LogP contribution in [0.4, 0.5) is 5.69 Å². The van der Waals surface area contributed by atoms with E-state index in [0.29, 0.717) is 0 Å². The molecule has 52 valence electrons. The minimum absolute atomic E-state index is 0.763. The summed E-state index contributed by atoms with van der Waals surface area (Å²) in [5.74, 6) is 0. The second-order valence-electron chi connectivity index (χ2n) is 2.39. The fourth-order valence-corrected chi connectivity index (χ4v) is 1.11. The lowest BCUT2D eigenvalue weighted by Crippen LogP contribution is -2.26. The van der Waals surface area contributed by atoms with E-state index in [1.54, 1.807) is 0 Å². The molecule has 1 nitrogen and oxygen atoms in total. The van der Waals surface area contributed by atoms with Crippen molar-refractivity contribution < 1.29 is 0 Å². The van der Waals surface area contributed by atoms with Crippen LogP contribution in [0.1, 0.15) is 0 Å². The van der Waals surface area contributed by atoms with Crippen LogP contribution in [0.3, 0.4) is 0 Å². The molecule has 2 rings (SSSR count). The molecule has 1 aromatic carbocycles. The van der Waals surface area contributed by atoms with Gasteiger partial charge in [0, 0.05) is 10.9 Å². The molecule has 0 atom stereocenters. The maximum atomic E-state index is 5.70. The van der Waals surface area contributed by atoms with E-state index >= 15 is 0 Å². The van der Waals surface area contributed by atoms with Gasteiger partial charge in [-0.3, -0.25) is 0 Å². The fourth-order valence-electron chi connectivity index (χ4n) is 1.11. The molecule has 11 heavy (non-hydrogen) atoms. The van der Waals surface area contributed by atoms with Crippen LogP contribution in [-0.2, 0) is 0 Å². The number of anilines is 1. The molecule has 0 saturated heterocycles. The molecule has 2 N–H and O–H groups in total. The Balaban J connectivity index is 3.15. The molecule has 1 aliphatic rings. The Morgan fingerprint density at radius 2 is 1.91 bits per heavy atom. The van der Waals surface area contributed by atoms with Crippen molar-refractivity contribution >= 4 is 17.1 Å². The van der Waals surface area contributed by atoms with Gasteiger partial charge in [0.1, 0.15) is 0 Å². The smallest absolute Gasteiger partial charge is 0.0544 e. The molecule has 1 aliphatic carbocycles. The summed E-state index contributed by atoms with van der Waals surface area (Å²) in [6.45, 7) is 0. The average Bonchev–Trinajstić information content (AvgIpc) is 2.06. The zero-order chi connectivity index (χ0) is 7.68. The molecule has 1 heteroatoms. The highest BCUT2D eigenvalue weighted by Crippen LogP contribution is 1.87. The zero-order valence-electron chi connectivity index (χ0n) is 5.96. The molecule has 0 heterocycles. The predicted octanol–water partition coefficient (Wildman–Crippen LogP) is 0.154. The highest BCUT2D eigenvalue weighted by molar-refractivity contribution is 5.50. The molecule has 0 fully saturated rings. The molecule has 1 aromatic rings. The third-order valence-corrected chi connectivity index (χ3v) is 1.65. The summed E-state index contributed by atoms with van der Waals surface area (Å²) in [7, 11) is 0. The van der Waals surface area contributed by atoms with Crippen LogP contribution in [0.5, 0.6) is 0 Å². The van der Waals surface area contributed by atoms with E-state index in [2.05, 4.69) is 11.5 Å². The van der Waals surface area contributed by atoms with Crippen molar-refractivity contribution in [2.45, 2.75) is 0 Å². The van der Waals surface area contributed by atoms with Crippen molar-refractivity contribution in [2.24, 2.45) is 0 Å². The van der Waals surface area contributed by atoms with Gasteiger partial charge in [0.15, 0.2) is 0 Å². The van der Waals surface area contributed by atoms with Gasteiger partial charge < -0.3 is 5.73 Å². The summed E-state index contributed by atoms with van der Waals surface area (Å²) in [5, 5.41) is 1.97. The maximum absolute atomic E-state index is 5.70. The van der Waals surface area contributed by atoms with Crippen LogP contribution in [0.15, 0.2) is 30.4 Å². The van der Waals surface area contributed by atoms with Crippen molar-refractivity contribution in [3.8, 4) is 0 Å². The lowest BCUT2D eigenvalue weighted by molar-refractivity contribution is 1.52. The summed E-state index contributed by atoms with van der Waals surface area (Å²) in [6, 6.07) is 5.76. The van der Waals surface area contributed by atoms with Gasteiger partial charge in [-0.2, -0.15) is 0 Å². The van der Waals surface area contributed by atoms with Crippen LogP contribution in [0.2, 0.25) is 0 Å². The maximum Gasteiger partial charge on any atom is 0.0544 e. The van der Waals surface area contributed by atoms with Gasteiger partial charge in [0.05, 0.1) is 5.22 Å². The van der Waals surface area contributed by atoms with Crippen LogP contribution >= 0.6 is 0 Å². The summed E-state index contributed by atoms with van der Waals surface area (Å²) >= 11 is 0. The Kier molecular flexibility index (Phi) is 1.20. The first-order valence-electron chi connectivity index (χ1n) is 3.44. The summed E-state index contributed by atoms with van der Waals surface area (Å²) < 4.78 is 0. The number of nitrogens with two attached hydrogens (primary N) is 1. The highest BCUT2D eigenvalue weighted by atomic mass is 14.5. The van der Waals surface area contributed by atoms with E-state index in [-0.39, 0.29) is 0 Å². The topological polar surface area (TPSA) is 26.0 Å². The Bertz CT molecular complexity index is 470. The Hall–Kier alpha value is -1.68. The number of benzene rings is 1. The monoisotopic (exact) mass is 141 g/mol. The third kappa shape index (κ3) is 0.890. The van der Waals surface area contributed by atoms with Gasteiger partial charge in [-0.25, -0.2) is 0 Å². The number of allylic oxidation sites excluding steroid dienone is 2. The lowest BCUT2D eigenvalue weighted by Gasteiger charge is -1.92. The van der Waals surface area contributed by atoms with E-state index in [4.69, 9.17) is 5.73 Å². The average molecular weight is 141 g/mol. The number of hydrogen-bond acceptors (Lipinski definition) is 1. The predicted molar refractivity (Wildman–Crippen MR) is 46.1 cm³/mol. The molecular formula is C10H7N. The molecule has 0 spiro atoms. The SMILES string of the molecule is Nc1cccc2c1=C=CC=C=2. The number of rotatable bonds is 0. The van der Waals surface area contributed by atoms with Gasteiger partial charge >= 0.3 is 0 Å². The highest BCUT2D eigenvalue weighted by Gasteiger charge is 1.89. The quantitative estimate of drug-likeness (QED) is 0.511. The van der Waals surface area contributed by atoms with Gasteiger partial charge in [-0.1, -0.05) is 6.07 Å². The van der Waals surface area contributed by atoms with E-state index in [1.165, 1.54) is 0 Å². The molecule has 0 bridgehead atoms. The van der Waals surface area contributed by atoms with Crippen molar-refractivity contribution in [3.05, 3.63) is 40.8 Å². The summed E-state index contributed by atoms with van der Waals surface area (Å²) in [6.07, 6.45) is 3.65. The van der Waals surface area contributed by atoms with Gasteiger partial charge in [0.2, 0.25) is 0 Å². The van der Waals surface area contributed by atoms with Crippen molar-refractivity contribution in [1.82, 2.24) is 0 Å². The first-order chi connectivity index (χ1) is 5.38. The van der Waals surface area contributed by atoms with Crippen LogP contribution < -0.4 is 16.2 Å². The number of hydrogen-bond donors (Lipinski definition) is 1. The van der Waals surface area contributed by atoms with Gasteiger partial charge in [0.25, 0.3) is 0 Å². The normalized spacial score (nSPS) is 11.6. The lowest BCUT2D eigenvalue weighted by atomic mass is 10.2. The molecule has 0 aliphatic heterocycles. The first kappa shape index (κ1) is 6.06. The van der Waals surface area contributed by atoms with Gasteiger partial charge in [-0.05, 0) is 24.3 Å². The Morgan fingerprint density at radius 1 is 1.09 bits per heavy atom. The minimum Gasteiger partial charge on any atom is -0.398 e. The fraction of sp³-hybridized carbons (Fsp3) is 0. The first-order valence-corrected chi connectivity index (χ1v) is 3.44. The van der Waals surface area contributed by atoms with Crippen molar-refractivity contribution in [3.63, 3.8) is 0 Å². The molecule has 0 saturated carbocycles. The molecule has 0 unspecified atom stereocenters. The van der Waals surface area contributed by atoms with Crippen molar-refractivity contribution in [1.29, 1.82) is 0 Å². The van der Waals surface area contributed by atoms with E-state index in [0.717, 1.165) is 16.1 Å². The standard InChI is InChI=1S/C10H7N/c11-10-7-3-5-8-4-1-2-6-9(8)10/h1-3,5,7H,11H2.